The topological polar surface area (TPSA) is 72.6 Å². The molecule has 0 bridgehead atoms. The number of ether oxygens (including phenoxy) is 1. The number of Topliss-reactive ketones (excluding diaryl/α,β-unsaturated/α-hetero) is 1. The number of hydrogen-bond acceptors (Lipinski definition) is 5. The van der Waals surface area contributed by atoms with Crippen LogP contribution in [0, 0.1) is 6.92 Å². The highest BCUT2D eigenvalue weighted by Gasteiger charge is 2.44. The number of halogens is 1. The predicted molar refractivity (Wildman–Crippen MR) is 108 cm³/mol. The standard InChI is InChI=1S/C22H19ClN2O4/c1-13-8-20-15(10-16(13)23)18(26)11-22(29-20)4-6-25(7-5-22)21(27)14-2-3-19-17(9-14)24-12-28-19/h2-3,8-10,12H,4-7,11H2,1H3. The molecule has 1 spiro atoms. The van der Waals surface area contributed by atoms with E-state index in [1.807, 2.05) is 17.9 Å². The second-order valence-electron chi connectivity index (χ2n) is 7.81. The fourth-order valence-corrected chi connectivity index (χ4v) is 4.35. The molecular formula is C22H19ClN2O4. The first kappa shape index (κ1) is 18.2. The number of fused-ring (bicyclic) bond motifs is 2. The minimum absolute atomic E-state index is 0.0458. The number of carbonyl (C=O) groups excluding carboxylic acids is 2. The third kappa shape index (κ3) is 3.08. The number of nitrogens with zero attached hydrogens (tertiary/aromatic N) is 2. The summed E-state index contributed by atoms with van der Waals surface area (Å²) in [5.41, 5.74) is 2.77. The summed E-state index contributed by atoms with van der Waals surface area (Å²) in [5, 5.41) is 0.571. The van der Waals surface area contributed by atoms with Gasteiger partial charge in [-0.2, -0.15) is 0 Å². The Morgan fingerprint density at radius 3 is 2.79 bits per heavy atom. The van der Waals surface area contributed by atoms with Gasteiger partial charge in [-0.25, -0.2) is 4.98 Å². The van der Waals surface area contributed by atoms with Gasteiger partial charge in [-0.1, -0.05) is 11.6 Å². The molecule has 6 nitrogen and oxygen atoms in total. The van der Waals surface area contributed by atoms with Crippen molar-refractivity contribution < 1.29 is 18.7 Å². The van der Waals surface area contributed by atoms with Gasteiger partial charge >= 0.3 is 0 Å². The van der Waals surface area contributed by atoms with Crippen LogP contribution in [0.5, 0.6) is 5.75 Å². The highest BCUT2D eigenvalue weighted by Crippen LogP contribution is 2.41. The third-order valence-corrected chi connectivity index (χ3v) is 6.32. The van der Waals surface area contributed by atoms with E-state index in [4.69, 9.17) is 20.8 Å². The Morgan fingerprint density at radius 1 is 1.21 bits per heavy atom. The fraction of sp³-hybridized carbons (Fsp3) is 0.318. The van der Waals surface area contributed by atoms with Gasteiger partial charge in [-0.15, -0.1) is 0 Å². The first-order valence-electron chi connectivity index (χ1n) is 9.59. The van der Waals surface area contributed by atoms with Gasteiger partial charge in [-0.3, -0.25) is 9.59 Å². The van der Waals surface area contributed by atoms with Gasteiger partial charge in [0.2, 0.25) is 0 Å². The molecule has 0 aliphatic carbocycles. The number of piperidine rings is 1. The van der Waals surface area contributed by atoms with Gasteiger partial charge in [0.25, 0.3) is 5.91 Å². The molecule has 1 amide bonds. The number of aromatic nitrogens is 1. The molecule has 2 aliphatic rings. The molecule has 1 aromatic heterocycles. The van der Waals surface area contributed by atoms with Crippen LogP contribution in [-0.4, -0.2) is 40.3 Å². The van der Waals surface area contributed by atoms with E-state index in [1.54, 1.807) is 24.3 Å². The number of benzene rings is 2. The van der Waals surface area contributed by atoms with Crippen LogP contribution in [0.25, 0.3) is 11.1 Å². The fourth-order valence-electron chi connectivity index (χ4n) is 4.18. The van der Waals surface area contributed by atoms with Crippen molar-refractivity contribution in [3.05, 3.63) is 58.4 Å². The van der Waals surface area contributed by atoms with Gasteiger partial charge in [-0.05, 0) is 42.8 Å². The number of rotatable bonds is 1. The Morgan fingerprint density at radius 2 is 2.00 bits per heavy atom. The number of oxazole rings is 1. The Labute approximate surface area is 172 Å². The molecule has 3 heterocycles. The van der Waals surface area contributed by atoms with E-state index in [0.29, 0.717) is 65.4 Å². The van der Waals surface area contributed by atoms with Crippen LogP contribution >= 0.6 is 11.6 Å². The van der Waals surface area contributed by atoms with Crippen molar-refractivity contribution in [2.24, 2.45) is 0 Å². The monoisotopic (exact) mass is 410 g/mol. The largest absolute Gasteiger partial charge is 0.486 e. The van der Waals surface area contributed by atoms with Crippen LogP contribution in [-0.2, 0) is 0 Å². The van der Waals surface area contributed by atoms with E-state index in [0.717, 1.165) is 5.56 Å². The van der Waals surface area contributed by atoms with Crippen molar-refractivity contribution in [1.82, 2.24) is 9.88 Å². The van der Waals surface area contributed by atoms with Crippen LogP contribution in [0.1, 0.15) is 45.5 Å². The smallest absolute Gasteiger partial charge is 0.253 e. The molecule has 0 atom stereocenters. The zero-order valence-corrected chi connectivity index (χ0v) is 16.7. The van der Waals surface area contributed by atoms with E-state index >= 15 is 0 Å². The lowest BCUT2D eigenvalue weighted by Gasteiger charge is -2.44. The molecular weight excluding hydrogens is 392 g/mol. The second-order valence-corrected chi connectivity index (χ2v) is 8.22. The first-order valence-corrected chi connectivity index (χ1v) is 9.97. The Hall–Kier alpha value is -2.86. The lowest BCUT2D eigenvalue weighted by molar-refractivity contribution is -0.00572. The van der Waals surface area contributed by atoms with E-state index in [2.05, 4.69) is 4.98 Å². The van der Waals surface area contributed by atoms with Gasteiger partial charge in [0.15, 0.2) is 17.8 Å². The molecule has 2 aliphatic heterocycles. The molecule has 0 radical (unpaired) electrons. The van der Waals surface area contributed by atoms with Crippen molar-refractivity contribution in [1.29, 1.82) is 0 Å². The minimum Gasteiger partial charge on any atom is -0.486 e. The molecule has 3 aromatic rings. The maximum atomic E-state index is 12.9. The number of carbonyl (C=O) groups is 2. The summed E-state index contributed by atoms with van der Waals surface area (Å²) in [7, 11) is 0. The SMILES string of the molecule is Cc1cc2c(cc1Cl)C(=O)CC1(CCN(C(=O)c3ccc4ocnc4c3)CC1)O2. The summed E-state index contributed by atoms with van der Waals surface area (Å²) in [6.07, 6.45) is 2.90. The molecule has 1 saturated heterocycles. The molecule has 0 unspecified atom stereocenters. The second kappa shape index (κ2) is 6.59. The first-order chi connectivity index (χ1) is 13.9. The van der Waals surface area contributed by atoms with Crippen LogP contribution in [0.15, 0.2) is 41.1 Å². The van der Waals surface area contributed by atoms with Crippen LogP contribution in [0.4, 0.5) is 0 Å². The lowest BCUT2D eigenvalue weighted by atomic mass is 9.82. The van der Waals surface area contributed by atoms with E-state index in [1.165, 1.54) is 6.39 Å². The van der Waals surface area contributed by atoms with E-state index in [-0.39, 0.29) is 11.7 Å². The van der Waals surface area contributed by atoms with Crippen LogP contribution in [0.3, 0.4) is 0 Å². The Balaban J connectivity index is 1.33. The van der Waals surface area contributed by atoms with Gasteiger partial charge in [0, 0.05) is 36.5 Å². The van der Waals surface area contributed by atoms with Crippen molar-refractivity contribution in [2.75, 3.05) is 13.1 Å². The number of ketones is 1. The average molecular weight is 411 g/mol. The molecule has 2 aromatic carbocycles. The highest BCUT2D eigenvalue weighted by atomic mass is 35.5. The average Bonchev–Trinajstić information content (AvgIpc) is 3.17. The summed E-state index contributed by atoms with van der Waals surface area (Å²) in [6, 6.07) is 8.79. The molecule has 0 saturated carbocycles. The van der Waals surface area contributed by atoms with Gasteiger partial charge in [0.1, 0.15) is 16.9 Å². The van der Waals surface area contributed by atoms with Crippen LogP contribution in [0.2, 0.25) is 5.02 Å². The summed E-state index contributed by atoms with van der Waals surface area (Å²) in [5.74, 6) is 0.596. The van der Waals surface area contributed by atoms with E-state index < -0.39 is 5.60 Å². The zero-order chi connectivity index (χ0) is 20.2. The third-order valence-electron chi connectivity index (χ3n) is 5.91. The van der Waals surface area contributed by atoms with Crippen molar-refractivity contribution in [3.63, 3.8) is 0 Å². The summed E-state index contributed by atoms with van der Waals surface area (Å²) < 4.78 is 11.5. The Bertz CT molecular complexity index is 1140. The summed E-state index contributed by atoms with van der Waals surface area (Å²) >= 11 is 6.17. The maximum absolute atomic E-state index is 12.9. The Kier molecular flexibility index (Phi) is 4.13. The predicted octanol–water partition coefficient (Wildman–Crippen LogP) is 4.43. The van der Waals surface area contributed by atoms with E-state index in [9.17, 15) is 9.59 Å². The number of hydrogen-bond donors (Lipinski definition) is 0. The highest BCUT2D eigenvalue weighted by molar-refractivity contribution is 6.31. The quantitative estimate of drug-likeness (QED) is 0.593. The molecule has 0 N–H and O–H groups in total. The van der Waals surface area contributed by atoms with Crippen LogP contribution < -0.4 is 4.74 Å². The summed E-state index contributed by atoms with van der Waals surface area (Å²) in [4.78, 5) is 31.6. The maximum Gasteiger partial charge on any atom is 0.253 e. The molecule has 7 heteroatoms. The van der Waals surface area contributed by atoms with Crippen molar-refractivity contribution >= 4 is 34.4 Å². The number of amides is 1. The summed E-state index contributed by atoms with van der Waals surface area (Å²) in [6.45, 7) is 2.96. The number of likely N-dealkylation sites (tertiary alicyclic amines) is 1. The minimum atomic E-state index is -0.558. The zero-order valence-electron chi connectivity index (χ0n) is 15.9. The van der Waals surface area contributed by atoms with Crippen molar-refractivity contribution in [2.45, 2.75) is 31.8 Å². The normalized spacial score (nSPS) is 18.0. The molecule has 29 heavy (non-hydrogen) atoms. The van der Waals surface area contributed by atoms with Crippen molar-refractivity contribution in [3.8, 4) is 5.75 Å². The molecule has 5 rings (SSSR count). The van der Waals surface area contributed by atoms with Gasteiger partial charge in [0.05, 0.1) is 12.0 Å². The number of aryl methyl sites for hydroxylation is 1. The molecule has 1 fully saturated rings. The molecule has 148 valence electrons. The van der Waals surface area contributed by atoms with Gasteiger partial charge < -0.3 is 14.1 Å². The lowest BCUT2D eigenvalue weighted by Crippen LogP contribution is -2.52.